The van der Waals surface area contributed by atoms with Crippen LogP contribution < -0.4 is 4.74 Å². The van der Waals surface area contributed by atoms with Gasteiger partial charge in [-0.1, -0.05) is 11.6 Å². The molecular weight excluding hydrogens is 234 g/mol. The average molecular weight is 246 g/mol. The monoisotopic (exact) mass is 246 g/mol. The number of hydrogen-bond donors (Lipinski definition) is 2. The predicted molar refractivity (Wildman–Crippen MR) is 55.1 cm³/mol. The highest BCUT2D eigenvalue weighted by Gasteiger charge is 2.23. The molecule has 6 heteroatoms. The zero-order valence-electron chi connectivity index (χ0n) is 9.28. The number of hydrogen-bond acceptors (Lipinski definition) is 3. The summed E-state index contributed by atoms with van der Waals surface area (Å²) in [6, 6.07) is 2.87. The number of ether oxygens (including phenoxy) is 1. The summed E-state index contributed by atoms with van der Waals surface area (Å²) in [7, 11) is 0. The van der Waals surface area contributed by atoms with Gasteiger partial charge in [0, 0.05) is 5.56 Å². The fourth-order valence-corrected chi connectivity index (χ4v) is 1.57. The Hall–Kier alpha value is -1.69. The van der Waals surface area contributed by atoms with E-state index < -0.39 is 18.7 Å². The quantitative estimate of drug-likeness (QED) is 0.852. The molecule has 0 bridgehead atoms. The first-order valence-corrected chi connectivity index (χ1v) is 4.79. The molecule has 1 aromatic rings. The van der Waals surface area contributed by atoms with E-state index in [4.69, 9.17) is 5.11 Å². The van der Waals surface area contributed by atoms with Crippen LogP contribution in [0.1, 0.15) is 22.8 Å². The summed E-state index contributed by atoms with van der Waals surface area (Å²) in [6.07, 6.45) is -1.89. The van der Waals surface area contributed by atoms with Crippen LogP contribution in [0.5, 0.6) is 5.75 Å². The Balaban J connectivity index is 3.29. The third-order valence-electron chi connectivity index (χ3n) is 2.18. The van der Waals surface area contributed by atoms with Crippen LogP contribution in [-0.4, -0.2) is 22.8 Å². The van der Waals surface area contributed by atoms with E-state index in [9.17, 15) is 18.7 Å². The number of carbonyl (C=O) groups is 1. The van der Waals surface area contributed by atoms with E-state index in [1.807, 2.05) is 0 Å². The van der Waals surface area contributed by atoms with Gasteiger partial charge < -0.3 is 14.9 Å². The van der Waals surface area contributed by atoms with Gasteiger partial charge in [0.25, 0.3) is 0 Å². The number of aliphatic hydroxyl groups is 1. The first-order chi connectivity index (χ1) is 7.82. The van der Waals surface area contributed by atoms with Gasteiger partial charge in [-0.2, -0.15) is 8.78 Å². The number of aliphatic carboxylic acids is 1. The molecule has 0 radical (unpaired) electrons. The van der Waals surface area contributed by atoms with Gasteiger partial charge in [-0.05, 0) is 25.5 Å². The number of alkyl halides is 2. The van der Waals surface area contributed by atoms with E-state index in [1.54, 1.807) is 13.0 Å². The molecule has 0 aliphatic rings. The Bertz CT molecular complexity index is 432. The Morgan fingerprint density at radius 1 is 1.35 bits per heavy atom. The smallest absolute Gasteiger partial charge is 0.387 e. The normalized spacial score (nSPS) is 12.6. The standard InChI is InChI=1S/C11H12F2O4/c1-5-3-6(2)9(17-11(12)13)7(4-5)8(14)10(15)16/h3-4,8,11,14H,1-2H3,(H,15,16). The van der Waals surface area contributed by atoms with Crippen molar-refractivity contribution in [2.45, 2.75) is 26.6 Å². The van der Waals surface area contributed by atoms with E-state index >= 15 is 0 Å². The molecule has 0 aromatic heterocycles. The van der Waals surface area contributed by atoms with Crippen molar-refractivity contribution in [1.82, 2.24) is 0 Å². The minimum Gasteiger partial charge on any atom is -0.479 e. The summed E-state index contributed by atoms with van der Waals surface area (Å²) in [5.74, 6) is -1.81. The maximum Gasteiger partial charge on any atom is 0.387 e. The molecule has 0 aliphatic carbocycles. The molecule has 17 heavy (non-hydrogen) atoms. The lowest BCUT2D eigenvalue weighted by atomic mass is 10.0. The van der Waals surface area contributed by atoms with Gasteiger partial charge in [-0.25, -0.2) is 4.79 Å². The highest BCUT2D eigenvalue weighted by Crippen LogP contribution is 2.31. The van der Waals surface area contributed by atoms with Crippen molar-refractivity contribution in [2.24, 2.45) is 0 Å². The summed E-state index contributed by atoms with van der Waals surface area (Å²) < 4.78 is 28.6. The zero-order chi connectivity index (χ0) is 13.2. The first kappa shape index (κ1) is 13.4. The van der Waals surface area contributed by atoms with Crippen LogP contribution in [-0.2, 0) is 4.79 Å². The van der Waals surface area contributed by atoms with E-state index in [-0.39, 0.29) is 11.3 Å². The Morgan fingerprint density at radius 2 is 1.94 bits per heavy atom. The molecule has 1 aromatic carbocycles. The molecule has 1 atom stereocenters. The minimum atomic E-state index is -3.07. The SMILES string of the molecule is Cc1cc(C)c(OC(F)F)c(C(O)C(=O)O)c1. The van der Waals surface area contributed by atoms with Gasteiger partial charge in [-0.15, -0.1) is 0 Å². The van der Waals surface area contributed by atoms with Gasteiger partial charge in [0.2, 0.25) is 0 Å². The second-order valence-electron chi connectivity index (χ2n) is 3.62. The van der Waals surface area contributed by atoms with Crippen molar-refractivity contribution < 1.29 is 28.5 Å². The Labute approximate surface area is 96.5 Å². The van der Waals surface area contributed by atoms with Gasteiger partial charge in [0.05, 0.1) is 0 Å². The van der Waals surface area contributed by atoms with Gasteiger partial charge in [-0.3, -0.25) is 0 Å². The molecule has 2 N–H and O–H groups in total. The molecule has 4 nitrogen and oxygen atoms in total. The molecule has 0 saturated heterocycles. The number of aryl methyl sites for hydroxylation is 2. The van der Waals surface area contributed by atoms with Gasteiger partial charge in [0.15, 0.2) is 6.10 Å². The van der Waals surface area contributed by atoms with Gasteiger partial charge in [0.1, 0.15) is 5.75 Å². The zero-order valence-corrected chi connectivity index (χ0v) is 9.28. The highest BCUT2D eigenvalue weighted by atomic mass is 19.3. The molecule has 1 rings (SSSR count). The van der Waals surface area contributed by atoms with Crippen molar-refractivity contribution in [3.05, 3.63) is 28.8 Å². The minimum absolute atomic E-state index is 0.171. The van der Waals surface area contributed by atoms with E-state index in [1.165, 1.54) is 13.0 Å². The maximum absolute atomic E-state index is 12.2. The van der Waals surface area contributed by atoms with Crippen LogP contribution in [0, 0.1) is 13.8 Å². The highest BCUT2D eigenvalue weighted by molar-refractivity contribution is 5.75. The van der Waals surface area contributed by atoms with Crippen LogP contribution >= 0.6 is 0 Å². The lowest BCUT2D eigenvalue weighted by molar-refractivity contribution is -0.147. The summed E-state index contributed by atoms with van der Waals surface area (Å²) >= 11 is 0. The molecule has 1 unspecified atom stereocenters. The fraction of sp³-hybridized carbons (Fsp3) is 0.364. The number of halogens is 2. The topological polar surface area (TPSA) is 66.8 Å². The summed E-state index contributed by atoms with van der Waals surface area (Å²) in [5, 5.41) is 18.1. The third kappa shape index (κ3) is 3.13. The number of rotatable bonds is 4. The van der Waals surface area contributed by atoms with E-state index in [2.05, 4.69) is 4.74 Å². The van der Waals surface area contributed by atoms with Crippen LogP contribution in [0.3, 0.4) is 0 Å². The molecule has 94 valence electrons. The van der Waals surface area contributed by atoms with Crippen LogP contribution in [0.25, 0.3) is 0 Å². The van der Waals surface area contributed by atoms with Crippen molar-refractivity contribution in [3.8, 4) is 5.75 Å². The number of carboxylic acid groups (broad SMARTS) is 1. The second-order valence-corrected chi connectivity index (χ2v) is 3.62. The largest absolute Gasteiger partial charge is 0.479 e. The second kappa shape index (κ2) is 5.09. The summed E-state index contributed by atoms with van der Waals surface area (Å²) in [4.78, 5) is 10.7. The Morgan fingerprint density at radius 3 is 2.41 bits per heavy atom. The van der Waals surface area contributed by atoms with Crippen LogP contribution in [0.4, 0.5) is 8.78 Å². The van der Waals surface area contributed by atoms with Crippen LogP contribution in [0.2, 0.25) is 0 Å². The summed E-state index contributed by atoms with van der Waals surface area (Å²) in [6.45, 7) is 0.0937. The molecule has 0 spiro atoms. The number of carboxylic acids is 1. The average Bonchev–Trinajstić information content (AvgIpc) is 2.20. The molecule has 0 fully saturated rings. The summed E-state index contributed by atoms with van der Waals surface area (Å²) in [5.41, 5.74) is 0.829. The molecule has 0 amide bonds. The van der Waals surface area contributed by atoms with Gasteiger partial charge >= 0.3 is 12.6 Å². The molecule has 0 aliphatic heterocycles. The maximum atomic E-state index is 12.2. The molecule has 0 saturated carbocycles. The number of aliphatic hydroxyl groups excluding tert-OH is 1. The molecule has 0 heterocycles. The van der Waals surface area contributed by atoms with Crippen molar-refractivity contribution >= 4 is 5.97 Å². The van der Waals surface area contributed by atoms with Crippen LogP contribution in [0.15, 0.2) is 12.1 Å². The number of benzene rings is 1. The van der Waals surface area contributed by atoms with Crippen molar-refractivity contribution in [1.29, 1.82) is 0 Å². The predicted octanol–water partition coefficient (Wildman–Crippen LogP) is 2.02. The third-order valence-corrected chi connectivity index (χ3v) is 2.18. The van der Waals surface area contributed by atoms with Crippen molar-refractivity contribution in [3.63, 3.8) is 0 Å². The fourth-order valence-electron chi connectivity index (χ4n) is 1.57. The lowest BCUT2D eigenvalue weighted by Crippen LogP contribution is -2.14. The molecular formula is C11H12F2O4. The lowest BCUT2D eigenvalue weighted by Gasteiger charge is -2.16. The Kier molecular flexibility index (Phi) is 4.01. The van der Waals surface area contributed by atoms with E-state index in [0.29, 0.717) is 11.1 Å². The van der Waals surface area contributed by atoms with E-state index in [0.717, 1.165) is 0 Å². The van der Waals surface area contributed by atoms with Crippen molar-refractivity contribution in [2.75, 3.05) is 0 Å². The first-order valence-electron chi connectivity index (χ1n) is 4.79.